The third-order valence-electron chi connectivity index (χ3n) is 6.29. The Labute approximate surface area is 197 Å². The van der Waals surface area contributed by atoms with E-state index in [-0.39, 0.29) is 6.61 Å². The first-order valence-corrected chi connectivity index (χ1v) is 11.6. The summed E-state index contributed by atoms with van der Waals surface area (Å²) in [5.74, 6) is 1.67. The second kappa shape index (κ2) is 10.1. The van der Waals surface area contributed by atoms with Crippen molar-refractivity contribution >= 4 is 0 Å². The molecule has 0 heterocycles. The summed E-state index contributed by atoms with van der Waals surface area (Å²) in [6.07, 6.45) is 5.13. The Morgan fingerprint density at radius 1 is 0.818 bits per heavy atom. The molecule has 1 N–H and O–H groups in total. The van der Waals surface area contributed by atoms with Gasteiger partial charge in [0.05, 0.1) is 24.4 Å². The molecular formula is C30H32O3. The maximum Gasteiger partial charge on any atom is 0.119 e. The quantitative estimate of drug-likeness (QED) is 0.299. The number of benzene rings is 3. The molecule has 3 aromatic rings. The number of aliphatic hydroxyl groups excluding tert-OH is 1. The lowest BCUT2D eigenvalue weighted by Gasteiger charge is -2.34. The zero-order valence-electron chi connectivity index (χ0n) is 19.7. The summed E-state index contributed by atoms with van der Waals surface area (Å²) < 4.78 is 11.4. The SMILES string of the molecule is CCCOc1ccc(C2(/C(C)=C/C=C(\C)OCCO)c3ccccc3-c3ccccc32)cc1. The first kappa shape index (κ1) is 22.9. The smallest absolute Gasteiger partial charge is 0.119 e. The molecule has 4 rings (SSSR count). The van der Waals surface area contributed by atoms with Gasteiger partial charge in [0.15, 0.2) is 0 Å². The van der Waals surface area contributed by atoms with Crippen molar-refractivity contribution in [1.82, 2.24) is 0 Å². The highest BCUT2D eigenvalue weighted by atomic mass is 16.5. The average Bonchev–Trinajstić information content (AvgIpc) is 3.16. The van der Waals surface area contributed by atoms with Gasteiger partial charge in [-0.15, -0.1) is 0 Å². The lowest BCUT2D eigenvalue weighted by molar-refractivity contribution is 0.146. The Morgan fingerprint density at radius 3 is 2.00 bits per heavy atom. The van der Waals surface area contributed by atoms with Crippen LogP contribution in [0.2, 0.25) is 0 Å². The van der Waals surface area contributed by atoms with Crippen molar-refractivity contribution in [3.8, 4) is 16.9 Å². The van der Waals surface area contributed by atoms with Gasteiger partial charge in [-0.05, 0) is 66.3 Å². The van der Waals surface area contributed by atoms with E-state index in [0.29, 0.717) is 13.2 Å². The van der Waals surface area contributed by atoms with E-state index < -0.39 is 5.41 Å². The van der Waals surface area contributed by atoms with E-state index >= 15 is 0 Å². The van der Waals surface area contributed by atoms with Crippen LogP contribution in [0, 0.1) is 0 Å². The summed E-state index contributed by atoms with van der Waals surface area (Å²) in [4.78, 5) is 0. The standard InChI is InChI=1S/C30H32O3/c1-4-20-33-25-17-15-24(16-18-25)30(22(2)13-14-23(3)32-21-19-31)28-11-7-5-9-26(28)27-10-6-8-12-29(27)30/h5-18,31H,4,19-21H2,1-3H3/b22-13+,23-14+. The fourth-order valence-corrected chi connectivity index (χ4v) is 4.84. The van der Waals surface area contributed by atoms with Gasteiger partial charge < -0.3 is 14.6 Å². The molecule has 0 atom stereocenters. The lowest BCUT2D eigenvalue weighted by Crippen LogP contribution is -2.28. The topological polar surface area (TPSA) is 38.7 Å². The predicted molar refractivity (Wildman–Crippen MR) is 135 cm³/mol. The number of fused-ring (bicyclic) bond motifs is 3. The Kier molecular flexibility index (Phi) is 7.00. The van der Waals surface area contributed by atoms with E-state index in [0.717, 1.165) is 17.9 Å². The fraction of sp³-hybridized carbons (Fsp3) is 0.267. The maximum absolute atomic E-state index is 9.07. The molecule has 0 amide bonds. The summed E-state index contributed by atoms with van der Waals surface area (Å²) in [6.45, 7) is 7.24. The van der Waals surface area contributed by atoms with Crippen LogP contribution < -0.4 is 4.74 Å². The first-order chi connectivity index (χ1) is 16.1. The molecule has 170 valence electrons. The van der Waals surface area contributed by atoms with Crippen LogP contribution in [-0.2, 0) is 10.2 Å². The van der Waals surface area contributed by atoms with E-state index in [1.165, 1.54) is 33.4 Å². The fourth-order valence-electron chi connectivity index (χ4n) is 4.84. The van der Waals surface area contributed by atoms with Crippen LogP contribution in [-0.4, -0.2) is 24.9 Å². The van der Waals surface area contributed by atoms with Crippen molar-refractivity contribution < 1.29 is 14.6 Å². The molecular weight excluding hydrogens is 408 g/mol. The highest BCUT2D eigenvalue weighted by Gasteiger charge is 2.45. The largest absolute Gasteiger partial charge is 0.496 e. The van der Waals surface area contributed by atoms with Crippen LogP contribution in [0.1, 0.15) is 43.9 Å². The van der Waals surface area contributed by atoms with Crippen molar-refractivity contribution in [2.24, 2.45) is 0 Å². The van der Waals surface area contributed by atoms with Crippen LogP contribution in [0.15, 0.2) is 96.3 Å². The van der Waals surface area contributed by atoms with Crippen LogP contribution in [0.4, 0.5) is 0 Å². The van der Waals surface area contributed by atoms with E-state index in [2.05, 4.69) is 92.7 Å². The van der Waals surface area contributed by atoms with Crippen molar-refractivity contribution in [2.45, 2.75) is 32.6 Å². The third-order valence-corrected chi connectivity index (χ3v) is 6.29. The molecule has 0 spiro atoms. The maximum atomic E-state index is 9.07. The van der Waals surface area contributed by atoms with E-state index in [9.17, 15) is 0 Å². The van der Waals surface area contributed by atoms with Gasteiger partial charge in [-0.3, -0.25) is 0 Å². The molecule has 3 heteroatoms. The molecule has 0 aliphatic heterocycles. The summed E-state index contributed by atoms with van der Waals surface area (Å²) >= 11 is 0. The molecule has 0 radical (unpaired) electrons. The molecule has 0 saturated heterocycles. The molecule has 0 unspecified atom stereocenters. The molecule has 1 aliphatic carbocycles. The number of hydrogen-bond acceptors (Lipinski definition) is 3. The predicted octanol–water partition coefficient (Wildman–Crippen LogP) is 6.65. The lowest BCUT2D eigenvalue weighted by atomic mass is 9.67. The normalized spacial score (nSPS) is 14.5. The number of hydrogen-bond donors (Lipinski definition) is 1. The zero-order valence-corrected chi connectivity index (χ0v) is 19.7. The Balaban J connectivity index is 1.91. The minimum Gasteiger partial charge on any atom is -0.496 e. The van der Waals surface area contributed by atoms with Gasteiger partial charge in [0.2, 0.25) is 0 Å². The van der Waals surface area contributed by atoms with Gasteiger partial charge in [0.25, 0.3) is 0 Å². The van der Waals surface area contributed by atoms with Gasteiger partial charge in [0, 0.05) is 0 Å². The molecule has 0 fully saturated rings. The molecule has 0 bridgehead atoms. The monoisotopic (exact) mass is 440 g/mol. The van der Waals surface area contributed by atoms with E-state index in [4.69, 9.17) is 14.6 Å². The molecule has 1 aliphatic rings. The van der Waals surface area contributed by atoms with Crippen LogP contribution >= 0.6 is 0 Å². The van der Waals surface area contributed by atoms with Crippen molar-refractivity contribution in [3.63, 3.8) is 0 Å². The number of rotatable bonds is 9. The molecule has 33 heavy (non-hydrogen) atoms. The Morgan fingerprint density at radius 2 is 1.42 bits per heavy atom. The number of allylic oxidation sites excluding steroid dienone is 4. The minimum absolute atomic E-state index is 0.00498. The Bertz CT molecular complexity index is 1110. The van der Waals surface area contributed by atoms with Gasteiger partial charge >= 0.3 is 0 Å². The molecule has 3 nitrogen and oxygen atoms in total. The second-order valence-corrected chi connectivity index (χ2v) is 8.41. The van der Waals surface area contributed by atoms with E-state index in [1.54, 1.807) is 0 Å². The van der Waals surface area contributed by atoms with Crippen molar-refractivity contribution in [3.05, 3.63) is 113 Å². The van der Waals surface area contributed by atoms with Gasteiger partial charge in [-0.1, -0.05) is 79.2 Å². The van der Waals surface area contributed by atoms with Crippen LogP contribution in [0.3, 0.4) is 0 Å². The summed E-state index contributed by atoms with van der Waals surface area (Å²) in [7, 11) is 0. The molecule has 3 aromatic carbocycles. The zero-order chi connectivity index (χ0) is 23.3. The first-order valence-electron chi connectivity index (χ1n) is 11.6. The van der Waals surface area contributed by atoms with Gasteiger partial charge in [-0.2, -0.15) is 0 Å². The summed E-state index contributed by atoms with van der Waals surface area (Å²) in [5, 5.41) is 9.07. The van der Waals surface area contributed by atoms with Gasteiger partial charge in [0.1, 0.15) is 12.4 Å². The van der Waals surface area contributed by atoms with Crippen LogP contribution in [0.5, 0.6) is 5.75 Å². The minimum atomic E-state index is -0.412. The highest BCUT2D eigenvalue weighted by molar-refractivity contribution is 5.85. The Hall–Kier alpha value is -3.30. The van der Waals surface area contributed by atoms with Crippen LogP contribution in [0.25, 0.3) is 11.1 Å². The number of ether oxygens (including phenoxy) is 2. The average molecular weight is 441 g/mol. The molecule has 0 saturated carbocycles. The van der Waals surface area contributed by atoms with Crippen molar-refractivity contribution in [1.29, 1.82) is 0 Å². The summed E-state index contributed by atoms with van der Waals surface area (Å²) in [5.41, 5.74) is 7.10. The molecule has 0 aromatic heterocycles. The van der Waals surface area contributed by atoms with Gasteiger partial charge in [-0.25, -0.2) is 0 Å². The van der Waals surface area contributed by atoms with Crippen molar-refractivity contribution in [2.75, 3.05) is 19.8 Å². The highest BCUT2D eigenvalue weighted by Crippen LogP contribution is 2.56. The number of aliphatic hydroxyl groups is 1. The second-order valence-electron chi connectivity index (χ2n) is 8.41. The summed E-state index contributed by atoms with van der Waals surface area (Å²) in [6, 6.07) is 25.9. The third kappa shape index (κ3) is 4.21. The van der Waals surface area contributed by atoms with E-state index in [1.807, 2.05) is 13.0 Å².